The molecule has 114 valence electrons. The highest BCUT2D eigenvalue weighted by molar-refractivity contribution is 5.39. The van der Waals surface area contributed by atoms with Crippen molar-refractivity contribution in [2.75, 3.05) is 40.3 Å². The summed E-state index contributed by atoms with van der Waals surface area (Å²) < 4.78 is 0. The minimum atomic E-state index is 0.182. The van der Waals surface area contributed by atoms with Gasteiger partial charge in [0.1, 0.15) is 18.0 Å². The summed E-state index contributed by atoms with van der Waals surface area (Å²) >= 11 is 0. The van der Waals surface area contributed by atoms with Gasteiger partial charge in [-0.15, -0.1) is 0 Å². The Morgan fingerprint density at radius 2 is 1.64 bits per heavy atom. The van der Waals surface area contributed by atoms with Crippen LogP contribution in [0.5, 0.6) is 0 Å². The third kappa shape index (κ3) is 3.78. The second-order valence-corrected chi connectivity index (χ2v) is 5.57. The smallest absolute Gasteiger partial charge is 0.169 e. The molecule has 0 atom stereocenters. The zero-order valence-electron chi connectivity index (χ0n) is 13.2. The number of benzene rings is 1. The van der Waals surface area contributed by atoms with Crippen molar-refractivity contribution in [2.45, 2.75) is 6.54 Å². The molecular weight excluding hydrogens is 274 g/mol. The van der Waals surface area contributed by atoms with Gasteiger partial charge in [-0.2, -0.15) is 10.5 Å². The van der Waals surface area contributed by atoms with E-state index >= 15 is 0 Å². The van der Waals surface area contributed by atoms with Gasteiger partial charge in [0, 0.05) is 46.8 Å². The number of hydrogen-bond donors (Lipinski definition) is 0. The average molecular weight is 295 g/mol. The highest BCUT2D eigenvalue weighted by Crippen LogP contribution is 2.16. The van der Waals surface area contributed by atoms with Crippen molar-refractivity contribution >= 4 is 0 Å². The van der Waals surface area contributed by atoms with Gasteiger partial charge in [-0.3, -0.25) is 4.90 Å². The Kier molecular flexibility index (Phi) is 5.41. The summed E-state index contributed by atoms with van der Waals surface area (Å²) in [6.45, 7) is 4.45. The molecule has 1 fully saturated rings. The molecule has 0 unspecified atom stereocenters. The van der Waals surface area contributed by atoms with Gasteiger partial charge in [-0.1, -0.05) is 30.3 Å². The minimum absolute atomic E-state index is 0.182. The molecule has 1 heterocycles. The lowest BCUT2D eigenvalue weighted by Crippen LogP contribution is -2.47. The lowest BCUT2D eigenvalue weighted by Gasteiger charge is -2.39. The van der Waals surface area contributed by atoms with E-state index in [0.717, 1.165) is 38.5 Å². The molecule has 1 aliphatic heterocycles. The van der Waals surface area contributed by atoms with Gasteiger partial charge in [0.25, 0.3) is 0 Å². The molecule has 1 aliphatic rings. The van der Waals surface area contributed by atoms with Gasteiger partial charge >= 0.3 is 0 Å². The van der Waals surface area contributed by atoms with E-state index in [1.54, 1.807) is 0 Å². The molecule has 2 rings (SSSR count). The standard InChI is InChI=1S/C17H21N5/c1-20(2)17(16(12-18)13-19)22-10-8-21(9-11-22)14-15-6-4-3-5-7-15/h3-7H,8-11,14H2,1-2H3. The summed E-state index contributed by atoms with van der Waals surface area (Å²) in [5.41, 5.74) is 1.50. The first-order valence-corrected chi connectivity index (χ1v) is 7.38. The minimum Gasteiger partial charge on any atom is -0.363 e. The van der Waals surface area contributed by atoms with Crippen LogP contribution in [0.15, 0.2) is 41.7 Å². The highest BCUT2D eigenvalue weighted by Gasteiger charge is 2.22. The van der Waals surface area contributed by atoms with Gasteiger partial charge in [0.15, 0.2) is 5.57 Å². The van der Waals surface area contributed by atoms with Crippen LogP contribution in [0, 0.1) is 22.7 Å². The van der Waals surface area contributed by atoms with Gasteiger partial charge in [0.05, 0.1) is 0 Å². The Hall–Kier alpha value is -2.50. The van der Waals surface area contributed by atoms with Crippen molar-refractivity contribution < 1.29 is 0 Å². The molecule has 5 nitrogen and oxygen atoms in total. The number of hydrogen-bond acceptors (Lipinski definition) is 5. The molecule has 0 aromatic heterocycles. The summed E-state index contributed by atoms with van der Waals surface area (Å²) in [6, 6.07) is 14.4. The molecule has 0 saturated carbocycles. The van der Waals surface area contributed by atoms with Crippen LogP contribution in [-0.2, 0) is 6.54 Å². The Balaban J connectivity index is 2.01. The molecule has 0 aliphatic carbocycles. The highest BCUT2D eigenvalue weighted by atomic mass is 15.3. The van der Waals surface area contributed by atoms with E-state index in [2.05, 4.69) is 34.1 Å². The molecular formula is C17H21N5. The molecule has 0 amide bonds. The van der Waals surface area contributed by atoms with Crippen LogP contribution >= 0.6 is 0 Å². The van der Waals surface area contributed by atoms with Crippen LogP contribution in [0.1, 0.15) is 5.56 Å². The normalized spacial score (nSPS) is 14.8. The quantitative estimate of drug-likeness (QED) is 0.790. The largest absolute Gasteiger partial charge is 0.363 e. The molecule has 1 saturated heterocycles. The second kappa shape index (κ2) is 7.49. The van der Waals surface area contributed by atoms with Crippen molar-refractivity contribution in [3.05, 3.63) is 47.3 Å². The zero-order valence-corrected chi connectivity index (χ0v) is 13.2. The maximum absolute atomic E-state index is 9.13. The fourth-order valence-corrected chi connectivity index (χ4v) is 2.75. The second-order valence-electron chi connectivity index (χ2n) is 5.57. The first-order chi connectivity index (χ1) is 10.7. The fraction of sp³-hybridized carbons (Fsp3) is 0.412. The summed E-state index contributed by atoms with van der Waals surface area (Å²) in [4.78, 5) is 6.38. The SMILES string of the molecule is CN(C)C(=C(C#N)C#N)N1CCN(Cc2ccccc2)CC1. The molecule has 5 heteroatoms. The molecule has 1 aromatic rings. The predicted octanol–water partition coefficient (Wildman–Crippen LogP) is 1.62. The molecule has 0 spiro atoms. The van der Waals surface area contributed by atoms with Crippen molar-refractivity contribution in [2.24, 2.45) is 0 Å². The van der Waals surface area contributed by atoms with Crippen LogP contribution in [0.3, 0.4) is 0 Å². The van der Waals surface area contributed by atoms with E-state index in [-0.39, 0.29) is 5.57 Å². The third-order valence-corrected chi connectivity index (χ3v) is 3.79. The van der Waals surface area contributed by atoms with E-state index in [1.807, 2.05) is 37.2 Å². The van der Waals surface area contributed by atoms with E-state index in [4.69, 9.17) is 10.5 Å². The van der Waals surface area contributed by atoms with Gasteiger partial charge in [-0.25, -0.2) is 0 Å². The Bertz CT molecular complexity index is 582. The average Bonchev–Trinajstić information content (AvgIpc) is 2.54. The monoisotopic (exact) mass is 295 g/mol. The van der Waals surface area contributed by atoms with Crippen molar-refractivity contribution in [1.82, 2.24) is 14.7 Å². The lowest BCUT2D eigenvalue weighted by molar-refractivity contribution is 0.129. The van der Waals surface area contributed by atoms with E-state index in [0.29, 0.717) is 0 Å². The van der Waals surface area contributed by atoms with E-state index in [9.17, 15) is 0 Å². The number of nitriles is 2. The van der Waals surface area contributed by atoms with Gasteiger partial charge in [0.2, 0.25) is 0 Å². The third-order valence-electron chi connectivity index (χ3n) is 3.79. The van der Waals surface area contributed by atoms with Crippen LogP contribution in [0.2, 0.25) is 0 Å². The number of rotatable bonds is 4. The summed E-state index contributed by atoms with van der Waals surface area (Å²) in [5, 5.41) is 18.3. The maximum Gasteiger partial charge on any atom is 0.169 e. The van der Waals surface area contributed by atoms with Gasteiger partial charge < -0.3 is 9.80 Å². The molecule has 0 N–H and O–H groups in total. The topological polar surface area (TPSA) is 57.3 Å². The Morgan fingerprint density at radius 3 is 2.14 bits per heavy atom. The number of allylic oxidation sites excluding steroid dienone is 1. The van der Waals surface area contributed by atoms with E-state index < -0.39 is 0 Å². The Morgan fingerprint density at radius 1 is 1.05 bits per heavy atom. The fourth-order valence-electron chi connectivity index (χ4n) is 2.75. The van der Waals surface area contributed by atoms with Crippen LogP contribution in [-0.4, -0.2) is 55.0 Å². The first kappa shape index (κ1) is 15.9. The van der Waals surface area contributed by atoms with Crippen LogP contribution in [0.4, 0.5) is 0 Å². The molecule has 0 radical (unpaired) electrons. The van der Waals surface area contributed by atoms with Crippen molar-refractivity contribution in [3.8, 4) is 12.1 Å². The summed E-state index contributed by atoms with van der Waals surface area (Å²) in [7, 11) is 3.75. The molecule has 0 bridgehead atoms. The number of piperazine rings is 1. The summed E-state index contributed by atoms with van der Waals surface area (Å²) in [6.07, 6.45) is 0. The molecule has 1 aromatic carbocycles. The zero-order chi connectivity index (χ0) is 15.9. The molecule has 22 heavy (non-hydrogen) atoms. The first-order valence-electron chi connectivity index (χ1n) is 7.38. The summed E-state index contributed by atoms with van der Waals surface area (Å²) in [5.74, 6) is 0.726. The Labute approximate surface area is 132 Å². The van der Waals surface area contributed by atoms with Crippen LogP contribution < -0.4 is 0 Å². The van der Waals surface area contributed by atoms with Crippen LogP contribution in [0.25, 0.3) is 0 Å². The lowest BCUT2D eigenvalue weighted by atomic mass is 10.2. The van der Waals surface area contributed by atoms with E-state index in [1.165, 1.54) is 5.56 Å². The predicted molar refractivity (Wildman–Crippen MR) is 85.2 cm³/mol. The maximum atomic E-state index is 9.13. The van der Waals surface area contributed by atoms with Gasteiger partial charge in [-0.05, 0) is 5.56 Å². The van der Waals surface area contributed by atoms with Crippen molar-refractivity contribution in [1.29, 1.82) is 10.5 Å². The van der Waals surface area contributed by atoms with Crippen molar-refractivity contribution in [3.63, 3.8) is 0 Å². The number of nitrogens with zero attached hydrogens (tertiary/aromatic N) is 5.